The molecule has 0 spiro atoms. The fourth-order valence-electron chi connectivity index (χ4n) is 1.51. The number of nitrogens with one attached hydrogen (secondary N) is 1. The van der Waals surface area contributed by atoms with Crippen LogP contribution in [0.2, 0.25) is 0 Å². The van der Waals surface area contributed by atoms with Gasteiger partial charge in [0, 0.05) is 11.8 Å². The summed E-state index contributed by atoms with van der Waals surface area (Å²) < 4.78 is 42.8. The number of nitriles is 1. The topological polar surface area (TPSA) is 61.9 Å². The highest BCUT2D eigenvalue weighted by molar-refractivity contribution is 5.53. The smallest absolute Gasteiger partial charge is 0.379 e. The molecule has 2 aromatic rings. The molecule has 0 saturated heterocycles. The Morgan fingerprint density at radius 2 is 2.11 bits per heavy atom. The number of halogens is 3. The van der Waals surface area contributed by atoms with Crippen molar-refractivity contribution in [3.8, 4) is 6.07 Å². The standard InChI is InChI=1S/C12H8F3N3O/c13-12(14,15)11-5-9(2-1-8(11)6-16)17-7-10-3-4-19-18-10/h1-5,17H,7H2. The van der Waals surface area contributed by atoms with Crippen LogP contribution in [0.5, 0.6) is 0 Å². The molecule has 4 nitrogen and oxygen atoms in total. The molecule has 98 valence electrons. The second-order valence-electron chi connectivity index (χ2n) is 3.71. The maximum atomic E-state index is 12.7. The van der Waals surface area contributed by atoms with Gasteiger partial charge in [0.2, 0.25) is 0 Å². The van der Waals surface area contributed by atoms with Gasteiger partial charge in [0.25, 0.3) is 0 Å². The monoisotopic (exact) mass is 267 g/mol. The first-order valence-corrected chi connectivity index (χ1v) is 5.25. The lowest BCUT2D eigenvalue weighted by atomic mass is 10.1. The second-order valence-corrected chi connectivity index (χ2v) is 3.71. The van der Waals surface area contributed by atoms with E-state index in [1.165, 1.54) is 18.4 Å². The minimum atomic E-state index is -4.56. The summed E-state index contributed by atoms with van der Waals surface area (Å²) in [6.45, 7) is 0.236. The number of nitrogens with zero attached hydrogens (tertiary/aromatic N) is 2. The van der Waals surface area contributed by atoms with Crippen LogP contribution in [0.4, 0.5) is 18.9 Å². The fourth-order valence-corrected chi connectivity index (χ4v) is 1.51. The van der Waals surface area contributed by atoms with E-state index in [0.717, 1.165) is 12.1 Å². The van der Waals surface area contributed by atoms with Crippen molar-refractivity contribution < 1.29 is 17.7 Å². The van der Waals surface area contributed by atoms with Crippen LogP contribution in [0.15, 0.2) is 35.1 Å². The average molecular weight is 267 g/mol. The summed E-state index contributed by atoms with van der Waals surface area (Å²) in [4.78, 5) is 0. The first-order valence-electron chi connectivity index (χ1n) is 5.25. The number of alkyl halides is 3. The number of hydrogen-bond acceptors (Lipinski definition) is 4. The van der Waals surface area contributed by atoms with Crippen LogP contribution >= 0.6 is 0 Å². The van der Waals surface area contributed by atoms with Gasteiger partial charge in [-0.05, 0) is 18.2 Å². The average Bonchev–Trinajstić information content (AvgIpc) is 2.88. The van der Waals surface area contributed by atoms with Crippen molar-refractivity contribution in [2.75, 3.05) is 5.32 Å². The molecule has 0 fully saturated rings. The summed E-state index contributed by atoms with van der Waals surface area (Å²) in [6, 6.07) is 6.57. The lowest BCUT2D eigenvalue weighted by molar-refractivity contribution is -0.137. The Hall–Kier alpha value is -2.49. The molecule has 0 unspecified atom stereocenters. The third-order valence-corrected chi connectivity index (χ3v) is 2.41. The van der Waals surface area contributed by atoms with Crippen LogP contribution in [-0.2, 0) is 12.7 Å². The van der Waals surface area contributed by atoms with Gasteiger partial charge in [-0.3, -0.25) is 0 Å². The Labute approximate surface area is 106 Å². The van der Waals surface area contributed by atoms with Gasteiger partial charge < -0.3 is 9.84 Å². The Morgan fingerprint density at radius 1 is 1.32 bits per heavy atom. The third kappa shape index (κ3) is 3.04. The van der Waals surface area contributed by atoms with Gasteiger partial charge >= 0.3 is 6.18 Å². The van der Waals surface area contributed by atoms with Gasteiger partial charge in [-0.25, -0.2) is 0 Å². The van der Waals surface area contributed by atoms with Crippen LogP contribution in [0, 0.1) is 11.3 Å². The van der Waals surface area contributed by atoms with Crippen LogP contribution in [0.25, 0.3) is 0 Å². The molecule has 0 bridgehead atoms. The minimum absolute atomic E-state index is 0.236. The number of aromatic nitrogens is 1. The zero-order valence-corrected chi connectivity index (χ0v) is 9.53. The number of rotatable bonds is 3. The molecular weight excluding hydrogens is 259 g/mol. The van der Waals surface area contributed by atoms with Gasteiger partial charge in [0.05, 0.1) is 23.7 Å². The number of hydrogen-bond donors (Lipinski definition) is 1. The van der Waals surface area contributed by atoms with E-state index in [-0.39, 0.29) is 12.2 Å². The zero-order valence-electron chi connectivity index (χ0n) is 9.53. The number of benzene rings is 1. The molecule has 0 aliphatic heterocycles. The van der Waals surface area contributed by atoms with Crippen molar-refractivity contribution in [2.45, 2.75) is 12.7 Å². The van der Waals surface area contributed by atoms with Gasteiger partial charge in [0.1, 0.15) is 12.0 Å². The van der Waals surface area contributed by atoms with Gasteiger partial charge in [-0.15, -0.1) is 0 Å². The Bertz CT molecular complexity index is 600. The molecule has 1 aromatic heterocycles. The van der Waals surface area contributed by atoms with E-state index in [9.17, 15) is 13.2 Å². The summed E-state index contributed by atoms with van der Waals surface area (Å²) >= 11 is 0. The van der Waals surface area contributed by atoms with E-state index in [4.69, 9.17) is 5.26 Å². The molecule has 1 heterocycles. The normalized spacial score (nSPS) is 11.1. The molecule has 0 aliphatic carbocycles. The first-order chi connectivity index (χ1) is 9.00. The largest absolute Gasteiger partial charge is 0.417 e. The molecule has 2 rings (SSSR count). The van der Waals surface area contributed by atoms with Crippen molar-refractivity contribution in [2.24, 2.45) is 0 Å². The quantitative estimate of drug-likeness (QED) is 0.927. The van der Waals surface area contributed by atoms with Gasteiger partial charge in [0.15, 0.2) is 0 Å². The highest BCUT2D eigenvalue weighted by atomic mass is 19.4. The first kappa shape index (κ1) is 13.0. The van der Waals surface area contributed by atoms with Gasteiger partial charge in [-0.1, -0.05) is 5.16 Å². The summed E-state index contributed by atoms with van der Waals surface area (Å²) in [5.74, 6) is 0. The predicted octanol–water partition coefficient (Wildman–Crippen LogP) is 3.18. The van der Waals surface area contributed by atoms with Crippen molar-refractivity contribution >= 4 is 5.69 Å². The molecule has 7 heteroatoms. The second kappa shape index (κ2) is 5.02. The van der Waals surface area contributed by atoms with E-state index in [2.05, 4.69) is 15.0 Å². The van der Waals surface area contributed by atoms with Crippen molar-refractivity contribution in [1.29, 1.82) is 5.26 Å². The predicted molar refractivity (Wildman–Crippen MR) is 60.0 cm³/mol. The lowest BCUT2D eigenvalue weighted by Gasteiger charge is -2.11. The summed E-state index contributed by atoms with van der Waals surface area (Å²) in [5.41, 5.74) is -0.535. The van der Waals surface area contributed by atoms with Crippen LogP contribution in [0.1, 0.15) is 16.8 Å². The minimum Gasteiger partial charge on any atom is -0.379 e. The Morgan fingerprint density at radius 3 is 2.68 bits per heavy atom. The van der Waals surface area contributed by atoms with Crippen molar-refractivity contribution in [1.82, 2.24) is 5.16 Å². The molecule has 0 atom stereocenters. The SMILES string of the molecule is N#Cc1ccc(NCc2ccon2)cc1C(F)(F)F. The van der Waals surface area contributed by atoms with E-state index < -0.39 is 17.3 Å². The highest BCUT2D eigenvalue weighted by Gasteiger charge is 2.33. The van der Waals surface area contributed by atoms with Crippen molar-refractivity contribution in [3.63, 3.8) is 0 Å². The Balaban J connectivity index is 2.21. The molecular formula is C12H8F3N3O. The van der Waals surface area contributed by atoms with E-state index >= 15 is 0 Å². The third-order valence-electron chi connectivity index (χ3n) is 2.41. The molecule has 0 radical (unpaired) electrons. The molecule has 0 aliphatic rings. The van der Waals surface area contributed by atoms with Crippen LogP contribution in [-0.4, -0.2) is 5.16 Å². The maximum Gasteiger partial charge on any atom is 0.417 e. The molecule has 0 amide bonds. The lowest BCUT2D eigenvalue weighted by Crippen LogP contribution is -2.09. The van der Waals surface area contributed by atoms with Crippen molar-refractivity contribution in [3.05, 3.63) is 47.3 Å². The van der Waals surface area contributed by atoms with Gasteiger partial charge in [-0.2, -0.15) is 18.4 Å². The maximum absolute atomic E-state index is 12.7. The fraction of sp³-hybridized carbons (Fsp3) is 0.167. The number of anilines is 1. The molecule has 1 aromatic carbocycles. The van der Waals surface area contributed by atoms with Crippen LogP contribution in [0.3, 0.4) is 0 Å². The molecule has 19 heavy (non-hydrogen) atoms. The Kier molecular flexibility index (Phi) is 3.42. The van der Waals surface area contributed by atoms with E-state index in [1.54, 1.807) is 6.07 Å². The summed E-state index contributed by atoms with van der Waals surface area (Å²) in [5, 5.41) is 15.1. The zero-order chi connectivity index (χ0) is 13.9. The summed E-state index contributed by atoms with van der Waals surface area (Å²) in [7, 11) is 0. The van der Waals surface area contributed by atoms with E-state index in [1.807, 2.05) is 0 Å². The van der Waals surface area contributed by atoms with E-state index in [0.29, 0.717) is 5.69 Å². The van der Waals surface area contributed by atoms with Crippen LogP contribution < -0.4 is 5.32 Å². The molecule has 1 N–H and O–H groups in total. The highest BCUT2D eigenvalue weighted by Crippen LogP contribution is 2.33. The molecule has 0 saturated carbocycles. The summed E-state index contributed by atoms with van der Waals surface area (Å²) in [6.07, 6.45) is -3.19.